The summed E-state index contributed by atoms with van der Waals surface area (Å²) in [6.45, 7) is 2.07. The number of amides is 1. The molecule has 0 saturated carbocycles. The molecule has 1 aromatic carbocycles. The first-order valence-corrected chi connectivity index (χ1v) is 6.50. The van der Waals surface area contributed by atoms with Gasteiger partial charge in [0.05, 0.1) is 13.0 Å². The van der Waals surface area contributed by atoms with Crippen LogP contribution in [-0.4, -0.2) is 22.5 Å². The Labute approximate surface area is 122 Å². The Hall–Kier alpha value is -2.14. The molecular formula is C14H14ClN3O2. The van der Waals surface area contributed by atoms with E-state index in [9.17, 15) is 4.79 Å². The summed E-state index contributed by atoms with van der Waals surface area (Å²) in [6, 6.07) is 10.9. The van der Waals surface area contributed by atoms with Crippen molar-refractivity contribution in [1.29, 1.82) is 0 Å². The second kappa shape index (κ2) is 6.86. The van der Waals surface area contributed by atoms with Gasteiger partial charge < -0.3 is 4.74 Å². The Bertz CT molecular complexity index is 570. The van der Waals surface area contributed by atoms with Gasteiger partial charge in [-0.2, -0.15) is 0 Å². The summed E-state index contributed by atoms with van der Waals surface area (Å²) in [6.07, 6.45) is 0.212. The molecular weight excluding hydrogens is 278 g/mol. The molecule has 2 rings (SSSR count). The van der Waals surface area contributed by atoms with Gasteiger partial charge >= 0.3 is 0 Å². The number of benzene rings is 1. The Balaban J connectivity index is 1.81. The minimum Gasteiger partial charge on any atom is -0.493 e. The third-order valence-corrected chi connectivity index (χ3v) is 2.61. The van der Waals surface area contributed by atoms with Crippen molar-refractivity contribution in [3.8, 4) is 5.75 Å². The first kappa shape index (κ1) is 14.3. The van der Waals surface area contributed by atoms with Gasteiger partial charge in [0.25, 0.3) is 0 Å². The number of anilines is 1. The summed E-state index contributed by atoms with van der Waals surface area (Å²) in [5, 5.41) is 2.88. The van der Waals surface area contributed by atoms with Crippen LogP contribution < -0.4 is 10.1 Å². The number of carbonyl (C=O) groups excluding carboxylic acids is 1. The zero-order valence-electron chi connectivity index (χ0n) is 11.0. The quantitative estimate of drug-likeness (QED) is 0.860. The van der Waals surface area contributed by atoms with E-state index in [1.807, 2.05) is 30.3 Å². The average molecular weight is 292 g/mol. The lowest BCUT2D eigenvalue weighted by Gasteiger charge is -2.06. The van der Waals surface area contributed by atoms with Gasteiger partial charge in [-0.25, -0.2) is 9.97 Å². The SMILES string of the molecule is Cc1cc(Cl)nc(NC(=O)CCOc2ccccc2)n1. The van der Waals surface area contributed by atoms with Gasteiger partial charge in [0.2, 0.25) is 11.9 Å². The van der Waals surface area contributed by atoms with Crippen molar-refractivity contribution >= 4 is 23.5 Å². The van der Waals surface area contributed by atoms with Crippen molar-refractivity contribution in [2.45, 2.75) is 13.3 Å². The van der Waals surface area contributed by atoms with Crippen molar-refractivity contribution in [3.05, 3.63) is 47.2 Å². The minimum absolute atomic E-state index is 0.208. The van der Waals surface area contributed by atoms with E-state index in [4.69, 9.17) is 16.3 Å². The standard InChI is InChI=1S/C14H14ClN3O2/c1-10-9-12(15)17-14(16-10)18-13(19)7-8-20-11-5-3-2-4-6-11/h2-6,9H,7-8H2,1H3,(H,16,17,18,19). The van der Waals surface area contributed by atoms with Gasteiger partial charge in [-0.1, -0.05) is 29.8 Å². The molecule has 6 heteroatoms. The van der Waals surface area contributed by atoms with Crippen molar-refractivity contribution < 1.29 is 9.53 Å². The van der Waals surface area contributed by atoms with Crippen molar-refractivity contribution in [3.63, 3.8) is 0 Å². The summed E-state index contributed by atoms with van der Waals surface area (Å²) >= 11 is 5.79. The van der Waals surface area contributed by atoms with E-state index < -0.39 is 0 Å². The molecule has 0 spiro atoms. The molecule has 0 aliphatic carbocycles. The average Bonchev–Trinajstić information content (AvgIpc) is 2.38. The number of ether oxygens (including phenoxy) is 1. The first-order chi connectivity index (χ1) is 9.63. The molecule has 1 N–H and O–H groups in total. The van der Waals surface area contributed by atoms with E-state index in [0.29, 0.717) is 10.8 Å². The fourth-order valence-corrected chi connectivity index (χ4v) is 1.79. The zero-order valence-corrected chi connectivity index (χ0v) is 11.7. The summed E-state index contributed by atoms with van der Waals surface area (Å²) in [4.78, 5) is 19.7. The van der Waals surface area contributed by atoms with Crippen LogP contribution in [0.1, 0.15) is 12.1 Å². The topological polar surface area (TPSA) is 64.1 Å². The molecule has 0 aliphatic rings. The number of halogens is 1. The van der Waals surface area contributed by atoms with Gasteiger partial charge in [0.15, 0.2) is 0 Å². The molecule has 1 amide bonds. The normalized spacial score (nSPS) is 10.1. The third kappa shape index (κ3) is 4.51. The van der Waals surface area contributed by atoms with Crippen molar-refractivity contribution in [2.24, 2.45) is 0 Å². The van der Waals surface area contributed by atoms with E-state index in [0.717, 1.165) is 5.75 Å². The van der Waals surface area contributed by atoms with Crippen molar-refractivity contribution in [2.75, 3.05) is 11.9 Å². The molecule has 104 valence electrons. The smallest absolute Gasteiger partial charge is 0.231 e. The second-order valence-corrected chi connectivity index (χ2v) is 4.50. The van der Waals surface area contributed by atoms with Crippen LogP contribution in [0.25, 0.3) is 0 Å². The summed E-state index contributed by atoms with van der Waals surface area (Å²) in [5.74, 6) is 0.720. The van der Waals surface area contributed by atoms with Crippen LogP contribution in [0.5, 0.6) is 5.75 Å². The van der Waals surface area contributed by atoms with Crippen LogP contribution in [0, 0.1) is 6.92 Å². The van der Waals surface area contributed by atoms with Gasteiger partial charge in [-0.3, -0.25) is 10.1 Å². The molecule has 20 heavy (non-hydrogen) atoms. The fourth-order valence-electron chi connectivity index (χ4n) is 1.55. The van der Waals surface area contributed by atoms with Crippen LogP contribution in [0.3, 0.4) is 0 Å². The van der Waals surface area contributed by atoms with Gasteiger partial charge in [-0.15, -0.1) is 0 Å². The molecule has 0 aliphatic heterocycles. The Morgan fingerprint density at radius 1 is 1.30 bits per heavy atom. The third-order valence-electron chi connectivity index (χ3n) is 2.42. The molecule has 2 aromatic rings. The molecule has 5 nitrogen and oxygen atoms in total. The number of carbonyl (C=O) groups is 1. The van der Waals surface area contributed by atoms with Crippen LogP contribution in [0.2, 0.25) is 5.15 Å². The Kier molecular flexibility index (Phi) is 4.90. The van der Waals surface area contributed by atoms with Crippen LogP contribution in [-0.2, 0) is 4.79 Å². The van der Waals surface area contributed by atoms with Crippen LogP contribution in [0.4, 0.5) is 5.95 Å². The molecule has 1 aromatic heterocycles. The lowest BCUT2D eigenvalue weighted by molar-refractivity contribution is -0.116. The van der Waals surface area contributed by atoms with E-state index in [1.165, 1.54) is 0 Å². The van der Waals surface area contributed by atoms with Crippen LogP contribution >= 0.6 is 11.6 Å². The van der Waals surface area contributed by atoms with Crippen molar-refractivity contribution in [1.82, 2.24) is 9.97 Å². The molecule has 0 fully saturated rings. The molecule has 0 saturated heterocycles. The zero-order chi connectivity index (χ0) is 14.4. The fraction of sp³-hybridized carbons (Fsp3) is 0.214. The largest absolute Gasteiger partial charge is 0.493 e. The highest BCUT2D eigenvalue weighted by Crippen LogP contribution is 2.10. The number of nitrogens with zero attached hydrogens (tertiary/aromatic N) is 2. The lowest BCUT2D eigenvalue weighted by atomic mass is 10.3. The minimum atomic E-state index is -0.220. The first-order valence-electron chi connectivity index (χ1n) is 6.12. The van der Waals surface area contributed by atoms with E-state index in [2.05, 4.69) is 15.3 Å². The number of para-hydroxylation sites is 1. The molecule has 0 unspecified atom stereocenters. The maximum Gasteiger partial charge on any atom is 0.231 e. The maximum absolute atomic E-state index is 11.7. The Morgan fingerprint density at radius 2 is 2.05 bits per heavy atom. The highest BCUT2D eigenvalue weighted by atomic mass is 35.5. The number of nitrogens with one attached hydrogen (secondary N) is 1. The molecule has 1 heterocycles. The van der Waals surface area contributed by atoms with Gasteiger partial charge in [0.1, 0.15) is 10.9 Å². The van der Waals surface area contributed by atoms with Gasteiger partial charge in [0, 0.05) is 5.69 Å². The molecule has 0 bridgehead atoms. The number of hydrogen-bond acceptors (Lipinski definition) is 4. The predicted octanol–water partition coefficient (Wildman–Crippen LogP) is 2.85. The highest BCUT2D eigenvalue weighted by Gasteiger charge is 2.06. The maximum atomic E-state index is 11.7. The monoisotopic (exact) mass is 291 g/mol. The van der Waals surface area contributed by atoms with E-state index in [-0.39, 0.29) is 24.9 Å². The molecule has 0 atom stereocenters. The van der Waals surface area contributed by atoms with E-state index >= 15 is 0 Å². The van der Waals surface area contributed by atoms with Crippen LogP contribution in [0.15, 0.2) is 36.4 Å². The number of aryl methyl sites for hydroxylation is 1. The summed E-state index contributed by atoms with van der Waals surface area (Å²) < 4.78 is 5.43. The molecule has 0 radical (unpaired) electrons. The second-order valence-electron chi connectivity index (χ2n) is 4.12. The van der Waals surface area contributed by atoms with Gasteiger partial charge in [-0.05, 0) is 25.1 Å². The van der Waals surface area contributed by atoms with E-state index in [1.54, 1.807) is 13.0 Å². The predicted molar refractivity (Wildman–Crippen MR) is 77.0 cm³/mol. The highest BCUT2D eigenvalue weighted by molar-refractivity contribution is 6.29. The number of rotatable bonds is 5. The Morgan fingerprint density at radius 3 is 2.75 bits per heavy atom. The summed E-state index contributed by atoms with van der Waals surface area (Å²) in [5.41, 5.74) is 0.695. The lowest BCUT2D eigenvalue weighted by Crippen LogP contribution is -2.17. The number of aromatic nitrogens is 2. The number of hydrogen-bond donors (Lipinski definition) is 1. The summed E-state index contributed by atoms with van der Waals surface area (Å²) in [7, 11) is 0.